The topological polar surface area (TPSA) is 77.5 Å². The Kier molecular flexibility index (Phi) is 6.90. The van der Waals surface area contributed by atoms with E-state index in [2.05, 4.69) is 10.1 Å². The Morgan fingerprint density at radius 1 is 1.30 bits per heavy atom. The van der Waals surface area contributed by atoms with Crippen molar-refractivity contribution in [3.05, 3.63) is 36.5 Å². The largest absolute Gasteiger partial charge is 0.464 e. The first-order valence-electron chi connectivity index (χ1n) is 8.75. The molecule has 8 heteroatoms. The van der Waals surface area contributed by atoms with Gasteiger partial charge >= 0.3 is 12.8 Å². The number of aromatic nitrogens is 1. The Balaban J connectivity index is 2.10. The molecule has 1 heterocycles. The molecular formula is C19H26ClN2O4P. The summed E-state index contributed by atoms with van der Waals surface area (Å²) in [5, 5.41) is 3.46. The lowest BCUT2D eigenvalue weighted by molar-refractivity contribution is -0.149. The number of carbonyl (C=O) groups excluding carboxylic acids is 1. The summed E-state index contributed by atoms with van der Waals surface area (Å²) < 4.78 is 23.5. The third-order valence-electron chi connectivity index (χ3n) is 3.66. The second-order valence-corrected chi connectivity index (χ2v) is 10.7. The van der Waals surface area contributed by atoms with E-state index < -0.39 is 18.9 Å². The van der Waals surface area contributed by atoms with Crippen molar-refractivity contribution in [2.24, 2.45) is 11.3 Å². The van der Waals surface area contributed by atoms with Gasteiger partial charge in [-0.1, -0.05) is 40.7 Å². The van der Waals surface area contributed by atoms with Gasteiger partial charge in [-0.15, -0.1) is 0 Å². The highest BCUT2D eigenvalue weighted by atomic mass is 35.7. The number of pyridine rings is 1. The number of hydrogen-bond acceptors (Lipinski definition) is 5. The Morgan fingerprint density at radius 2 is 2.00 bits per heavy atom. The minimum absolute atomic E-state index is 0.169. The van der Waals surface area contributed by atoms with Crippen LogP contribution in [0.4, 0.5) is 0 Å². The molecule has 2 aromatic rings. The molecule has 0 aliphatic heterocycles. The predicted molar refractivity (Wildman–Crippen MR) is 108 cm³/mol. The molecule has 2 unspecified atom stereocenters. The maximum absolute atomic E-state index is 12.7. The number of fused-ring (bicyclic) bond motifs is 1. The number of esters is 1. The van der Waals surface area contributed by atoms with E-state index in [9.17, 15) is 9.36 Å². The first kappa shape index (κ1) is 21.7. The first-order chi connectivity index (χ1) is 12.5. The molecule has 1 N–H and O–H groups in total. The fourth-order valence-corrected chi connectivity index (χ4v) is 4.02. The minimum atomic E-state index is -3.82. The van der Waals surface area contributed by atoms with Gasteiger partial charge in [0.1, 0.15) is 11.8 Å². The quantitative estimate of drug-likeness (QED) is 0.499. The predicted octanol–water partition coefficient (Wildman–Crippen LogP) is 5.16. The lowest BCUT2D eigenvalue weighted by Gasteiger charge is -2.25. The van der Waals surface area contributed by atoms with Crippen LogP contribution in [0.1, 0.15) is 34.6 Å². The Bertz CT molecular complexity index is 851. The average Bonchev–Trinajstić information content (AvgIpc) is 2.56. The van der Waals surface area contributed by atoms with Gasteiger partial charge in [-0.2, -0.15) is 0 Å². The molecule has 0 spiro atoms. The lowest BCUT2D eigenvalue weighted by atomic mass is 9.98. The van der Waals surface area contributed by atoms with E-state index in [0.29, 0.717) is 5.75 Å². The van der Waals surface area contributed by atoms with Crippen molar-refractivity contribution in [1.82, 2.24) is 10.1 Å². The molecule has 1 aromatic heterocycles. The van der Waals surface area contributed by atoms with Gasteiger partial charge in [0.05, 0.1) is 12.1 Å². The number of hydrogen-bond donors (Lipinski definition) is 1. The molecule has 2 rings (SSSR count). The third-order valence-corrected chi connectivity index (χ3v) is 5.19. The van der Waals surface area contributed by atoms with Gasteiger partial charge in [0.25, 0.3) is 0 Å². The molecule has 0 aliphatic rings. The van der Waals surface area contributed by atoms with E-state index in [1.165, 1.54) is 0 Å². The third kappa shape index (κ3) is 6.80. The monoisotopic (exact) mass is 412 g/mol. The minimum Gasteiger partial charge on any atom is -0.464 e. The number of ether oxygens (including phenoxy) is 1. The molecule has 0 saturated heterocycles. The number of nitrogens with zero attached hydrogens (tertiary/aromatic N) is 1. The highest BCUT2D eigenvalue weighted by molar-refractivity contribution is 7.84. The summed E-state index contributed by atoms with van der Waals surface area (Å²) in [5.41, 5.74) is 0.616. The molecule has 0 radical (unpaired) electrons. The van der Waals surface area contributed by atoms with Crippen LogP contribution in [-0.2, 0) is 14.1 Å². The van der Waals surface area contributed by atoms with Crippen LogP contribution < -0.4 is 9.61 Å². The van der Waals surface area contributed by atoms with Gasteiger partial charge in [-0.25, -0.2) is 9.65 Å². The second kappa shape index (κ2) is 8.59. The summed E-state index contributed by atoms with van der Waals surface area (Å²) in [5.74, 6) is -0.368. The van der Waals surface area contributed by atoms with E-state index >= 15 is 0 Å². The first-order valence-corrected chi connectivity index (χ1v) is 11.3. The van der Waals surface area contributed by atoms with Gasteiger partial charge in [0.2, 0.25) is 0 Å². The summed E-state index contributed by atoms with van der Waals surface area (Å²) in [4.78, 5) is 16.6. The van der Waals surface area contributed by atoms with Crippen LogP contribution in [0, 0.1) is 11.3 Å². The zero-order chi connectivity index (χ0) is 20.2. The average molecular weight is 413 g/mol. The summed E-state index contributed by atoms with van der Waals surface area (Å²) >= 11 is 6.09. The molecule has 1 aromatic carbocycles. The summed E-state index contributed by atoms with van der Waals surface area (Å²) in [6.45, 7) is 5.94. The SMILES string of the molecule is CC(C)C(NP(=O)(Cl)Oc1ccc2ncccc2c1)C(=O)OCC(C)(C)C. The molecule has 2 atom stereocenters. The fraction of sp³-hybridized carbons (Fsp3) is 0.474. The zero-order valence-corrected chi connectivity index (χ0v) is 17.9. The van der Waals surface area contributed by atoms with E-state index in [-0.39, 0.29) is 17.9 Å². The van der Waals surface area contributed by atoms with Crippen molar-refractivity contribution >= 4 is 35.0 Å². The Hall–Kier alpha value is -1.62. The van der Waals surface area contributed by atoms with E-state index in [1.54, 1.807) is 30.5 Å². The number of halogens is 1. The van der Waals surface area contributed by atoms with Gasteiger partial charge in [-0.3, -0.25) is 9.78 Å². The molecule has 148 valence electrons. The molecule has 0 bridgehead atoms. The highest BCUT2D eigenvalue weighted by Gasteiger charge is 2.33. The van der Waals surface area contributed by atoms with Gasteiger partial charge in [0, 0.05) is 22.8 Å². The molecule has 0 amide bonds. The van der Waals surface area contributed by atoms with Gasteiger partial charge in [0.15, 0.2) is 0 Å². The van der Waals surface area contributed by atoms with Gasteiger partial charge in [-0.05, 0) is 35.6 Å². The maximum Gasteiger partial charge on any atom is 0.409 e. The van der Waals surface area contributed by atoms with Crippen molar-refractivity contribution in [3.63, 3.8) is 0 Å². The smallest absolute Gasteiger partial charge is 0.409 e. The van der Waals surface area contributed by atoms with Crippen molar-refractivity contribution in [3.8, 4) is 5.75 Å². The molecule has 0 fully saturated rings. The summed E-state index contributed by atoms with van der Waals surface area (Å²) in [7, 11) is 0. The Labute approximate surface area is 164 Å². The number of carbonyl (C=O) groups is 1. The number of benzene rings is 1. The normalized spacial score (nSPS) is 15.4. The fourth-order valence-electron chi connectivity index (χ4n) is 2.29. The highest BCUT2D eigenvalue weighted by Crippen LogP contribution is 2.49. The molecule has 0 saturated carbocycles. The van der Waals surface area contributed by atoms with Crippen molar-refractivity contribution < 1.29 is 18.6 Å². The van der Waals surface area contributed by atoms with E-state index in [4.69, 9.17) is 20.5 Å². The second-order valence-electron chi connectivity index (χ2n) is 7.95. The molecule has 0 aliphatic carbocycles. The molecular weight excluding hydrogens is 387 g/mol. The molecule has 27 heavy (non-hydrogen) atoms. The number of nitrogens with one attached hydrogen (secondary N) is 1. The van der Waals surface area contributed by atoms with Gasteiger partial charge < -0.3 is 9.26 Å². The van der Waals surface area contributed by atoms with Crippen LogP contribution in [-0.4, -0.2) is 23.6 Å². The van der Waals surface area contributed by atoms with Crippen LogP contribution in [0.15, 0.2) is 36.5 Å². The summed E-state index contributed by atoms with van der Waals surface area (Å²) in [6.07, 6.45) is 1.69. The number of rotatable bonds is 7. The van der Waals surface area contributed by atoms with Crippen LogP contribution in [0.5, 0.6) is 5.75 Å². The van der Waals surface area contributed by atoms with Crippen LogP contribution >= 0.6 is 18.1 Å². The van der Waals surface area contributed by atoms with Crippen molar-refractivity contribution in [2.75, 3.05) is 6.61 Å². The molecule has 6 nitrogen and oxygen atoms in total. The Morgan fingerprint density at radius 3 is 2.63 bits per heavy atom. The van der Waals surface area contributed by atoms with Crippen molar-refractivity contribution in [1.29, 1.82) is 0 Å². The van der Waals surface area contributed by atoms with Crippen LogP contribution in [0.2, 0.25) is 0 Å². The lowest BCUT2D eigenvalue weighted by Crippen LogP contribution is -2.41. The standard InChI is InChI=1S/C19H26ClN2O4P/c1-13(2)17(18(23)25-12-19(3,4)5)22-27(20,24)26-15-8-9-16-14(11-15)7-6-10-21-16/h6-11,13,17H,12H2,1-5H3,(H,22,24). The summed E-state index contributed by atoms with van der Waals surface area (Å²) in [6, 6.07) is 7.89. The van der Waals surface area contributed by atoms with E-state index in [1.807, 2.05) is 40.7 Å². The van der Waals surface area contributed by atoms with Crippen LogP contribution in [0.3, 0.4) is 0 Å². The maximum atomic E-state index is 12.7. The van der Waals surface area contributed by atoms with Crippen molar-refractivity contribution in [2.45, 2.75) is 40.7 Å². The van der Waals surface area contributed by atoms with Crippen LogP contribution in [0.25, 0.3) is 10.9 Å². The zero-order valence-electron chi connectivity index (χ0n) is 16.2. The van der Waals surface area contributed by atoms with E-state index in [0.717, 1.165) is 10.9 Å².